The Morgan fingerprint density at radius 2 is 1.93 bits per heavy atom. The number of carbonyl (C=O) groups is 1. The molecule has 0 bridgehead atoms. The van der Waals surface area contributed by atoms with Gasteiger partial charge in [0, 0.05) is 25.7 Å². The minimum Gasteiger partial charge on any atom is -0.344 e. The lowest BCUT2D eigenvalue weighted by Gasteiger charge is -2.28. The first-order chi connectivity index (χ1) is 7.16. The maximum absolute atomic E-state index is 11.7. The molecule has 0 aromatic heterocycles. The molecule has 1 aliphatic heterocycles. The molecule has 0 spiro atoms. The summed E-state index contributed by atoms with van der Waals surface area (Å²) in [5, 5.41) is 3.47. The summed E-state index contributed by atoms with van der Waals surface area (Å²) in [6.07, 6.45) is 5.38. The highest BCUT2D eigenvalue weighted by atomic mass is 16.2. The van der Waals surface area contributed by atoms with Crippen molar-refractivity contribution in [2.75, 3.05) is 13.6 Å². The van der Waals surface area contributed by atoms with Crippen LogP contribution in [0.1, 0.15) is 32.1 Å². The predicted molar refractivity (Wildman–Crippen MR) is 59.4 cm³/mol. The molecule has 86 valence electrons. The van der Waals surface area contributed by atoms with Gasteiger partial charge in [0.1, 0.15) is 0 Å². The SMILES string of the molecule is CN1CCC(NC2CCC(N)CC2)C1=O. The van der Waals surface area contributed by atoms with Crippen molar-refractivity contribution in [2.45, 2.75) is 50.2 Å². The molecule has 3 N–H and O–H groups in total. The summed E-state index contributed by atoms with van der Waals surface area (Å²) in [6, 6.07) is 0.949. The van der Waals surface area contributed by atoms with E-state index in [0.717, 1.165) is 38.6 Å². The molecule has 0 aromatic rings. The van der Waals surface area contributed by atoms with Crippen LogP contribution in [-0.2, 0) is 4.79 Å². The van der Waals surface area contributed by atoms with Crippen molar-refractivity contribution in [3.63, 3.8) is 0 Å². The van der Waals surface area contributed by atoms with Gasteiger partial charge in [0.15, 0.2) is 0 Å². The Morgan fingerprint density at radius 3 is 2.47 bits per heavy atom. The van der Waals surface area contributed by atoms with E-state index in [-0.39, 0.29) is 11.9 Å². The van der Waals surface area contributed by atoms with Gasteiger partial charge in [-0.25, -0.2) is 0 Å². The molecule has 4 heteroatoms. The Bertz CT molecular complexity index is 236. The van der Waals surface area contributed by atoms with Gasteiger partial charge in [0.2, 0.25) is 5.91 Å². The summed E-state index contributed by atoms with van der Waals surface area (Å²) in [4.78, 5) is 13.5. The molecule has 1 atom stereocenters. The molecule has 2 aliphatic rings. The van der Waals surface area contributed by atoms with Crippen molar-refractivity contribution in [1.82, 2.24) is 10.2 Å². The van der Waals surface area contributed by atoms with Crippen LogP contribution in [0.4, 0.5) is 0 Å². The maximum Gasteiger partial charge on any atom is 0.239 e. The summed E-state index contributed by atoms with van der Waals surface area (Å²) in [7, 11) is 1.88. The maximum atomic E-state index is 11.7. The number of likely N-dealkylation sites (tertiary alicyclic amines) is 1. The van der Waals surface area contributed by atoms with Crippen molar-refractivity contribution >= 4 is 5.91 Å². The highest BCUT2D eigenvalue weighted by Gasteiger charge is 2.31. The molecule has 15 heavy (non-hydrogen) atoms. The molecule has 0 aromatic carbocycles. The molecule has 1 unspecified atom stereocenters. The molecule has 2 fully saturated rings. The van der Waals surface area contributed by atoms with E-state index in [0.29, 0.717) is 12.1 Å². The van der Waals surface area contributed by atoms with Crippen LogP contribution in [0.25, 0.3) is 0 Å². The van der Waals surface area contributed by atoms with Gasteiger partial charge in [-0.15, -0.1) is 0 Å². The van der Waals surface area contributed by atoms with Crippen LogP contribution in [0.15, 0.2) is 0 Å². The van der Waals surface area contributed by atoms with E-state index in [1.165, 1.54) is 0 Å². The van der Waals surface area contributed by atoms with Crippen molar-refractivity contribution in [3.8, 4) is 0 Å². The van der Waals surface area contributed by atoms with E-state index in [1.54, 1.807) is 0 Å². The molecule has 1 saturated carbocycles. The van der Waals surface area contributed by atoms with E-state index in [9.17, 15) is 4.79 Å². The number of nitrogens with one attached hydrogen (secondary N) is 1. The standard InChI is InChI=1S/C11H21N3O/c1-14-7-6-10(11(14)15)13-9-4-2-8(12)3-5-9/h8-10,13H,2-7,12H2,1H3. The third kappa shape index (κ3) is 2.49. The summed E-state index contributed by atoms with van der Waals surface area (Å²) < 4.78 is 0. The normalized spacial score (nSPS) is 37.3. The molecular formula is C11H21N3O. The number of carbonyl (C=O) groups excluding carboxylic acids is 1. The zero-order chi connectivity index (χ0) is 10.8. The van der Waals surface area contributed by atoms with Crippen LogP contribution in [0, 0.1) is 0 Å². The number of nitrogens with two attached hydrogens (primary N) is 1. The Labute approximate surface area is 91.2 Å². The number of hydrogen-bond donors (Lipinski definition) is 2. The first kappa shape index (κ1) is 10.9. The first-order valence-corrected chi connectivity index (χ1v) is 5.93. The molecule has 0 radical (unpaired) electrons. The number of nitrogens with zero attached hydrogens (tertiary/aromatic N) is 1. The Hall–Kier alpha value is -0.610. The number of amides is 1. The summed E-state index contributed by atoms with van der Waals surface area (Å²) in [5.74, 6) is 0.255. The van der Waals surface area contributed by atoms with Gasteiger partial charge in [-0.3, -0.25) is 4.79 Å². The molecule has 2 rings (SSSR count). The monoisotopic (exact) mass is 211 g/mol. The van der Waals surface area contributed by atoms with Crippen LogP contribution in [-0.4, -0.2) is 42.5 Å². The second-order valence-electron chi connectivity index (χ2n) is 4.88. The summed E-state index contributed by atoms with van der Waals surface area (Å²) in [6.45, 7) is 0.892. The second kappa shape index (κ2) is 4.49. The lowest BCUT2D eigenvalue weighted by Crippen LogP contribution is -2.45. The fraction of sp³-hybridized carbons (Fsp3) is 0.909. The summed E-state index contributed by atoms with van der Waals surface area (Å²) >= 11 is 0. The summed E-state index contributed by atoms with van der Waals surface area (Å²) in [5.41, 5.74) is 5.85. The van der Waals surface area contributed by atoms with Crippen LogP contribution in [0.5, 0.6) is 0 Å². The fourth-order valence-corrected chi connectivity index (χ4v) is 2.55. The lowest BCUT2D eigenvalue weighted by molar-refractivity contribution is -0.128. The topological polar surface area (TPSA) is 58.4 Å². The van der Waals surface area contributed by atoms with Crippen LogP contribution in [0.3, 0.4) is 0 Å². The van der Waals surface area contributed by atoms with Crippen LogP contribution in [0.2, 0.25) is 0 Å². The van der Waals surface area contributed by atoms with E-state index < -0.39 is 0 Å². The molecule has 1 heterocycles. The van der Waals surface area contributed by atoms with Crippen molar-refractivity contribution in [3.05, 3.63) is 0 Å². The molecule has 1 amide bonds. The first-order valence-electron chi connectivity index (χ1n) is 5.93. The average molecular weight is 211 g/mol. The fourth-order valence-electron chi connectivity index (χ4n) is 2.55. The van der Waals surface area contributed by atoms with Gasteiger partial charge in [-0.05, 0) is 32.1 Å². The van der Waals surface area contributed by atoms with Gasteiger partial charge in [0.25, 0.3) is 0 Å². The van der Waals surface area contributed by atoms with E-state index in [1.807, 2.05) is 11.9 Å². The van der Waals surface area contributed by atoms with E-state index >= 15 is 0 Å². The third-order valence-corrected chi connectivity index (χ3v) is 3.64. The van der Waals surface area contributed by atoms with Crippen molar-refractivity contribution < 1.29 is 4.79 Å². The lowest BCUT2D eigenvalue weighted by atomic mass is 9.91. The van der Waals surface area contributed by atoms with E-state index in [4.69, 9.17) is 5.73 Å². The third-order valence-electron chi connectivity index (χ3n) is 3.64. The molecular weight excluding hydrogens is 190 g/mol. The highest BCUT2D eigenvalue weighted by molar-refractivity contribution is 5.83. The van der Waals surface area contributed by atoms with Gasteiger partial charge < -0.3 is 16.0 Å². The molecule has 1 saturated heterocycles. The molecule has 1 aliphatic carbocycles. The van der Waals surface area contributed by atoms with Crippen LogP contribution < -0.4 is 11.1 Å². The predicted octanol–water partition coefficient (Wildman–Crippen LogP) is 0.0766. The smallest absolute Gasteiger partial charge is 0.239 e. The minimum absolute atomic E-state index is 0.0642. The number of likely N-dealkylation sites (N-methyl/N-ethyl adjacent to an activating group) is 1. The van der Waals surface area contributed by atoms with Gasteiger partial charge >= 0.3 is 0 Å². The zero-order valence-electron chi connectivity index (χ0n) is 9.41. The second-order valence-corrected chi connectivity index (χ2v) is 4.88. The van der Waals surface area contributed by atoms with Crippen molar-refractivity contribution in [2.24, 2.45) is 5.73 Å². The zero-order valence-corrected chi connectivity index (χ0v) is 9.41. The van der Waals surface area contributed by atoms with Gasteiger partial charge in [-0.1, -0.05) is 0 Å². The largest absolute Gasteiger partial charge is 0.344 e. The Kier molecular flexibility index (Phi) is 3.26. The molecule has 4 nitrogen and oxygen atoms in total. The average Bonchev–Trinajstić information content (AvgIpc) is 2.53. The highest BCUT2D eigenvalue weighted by Crippen LogP contribution is 2.19. The van der Waals surface area contributed by atoms with Crippen molar-refractivity contribution in [1.29, 1.82) is 0 Å². The Morgan fingerprint density at radius 1 is 1.27 bits per heavy atom. The number of hydrogen-bond acceptors (Lipinski definition) is 3. The Balaban J connectivity index is 1.80. The minimum atomic E-state index is 0.0642. The van der Waals surface area contributed by atoms with Crippen LogP contribution >= 0.6 is 0 Å². The quantitative estimate of drug-likeness (QED) is 0.680. The van der Waals surface area contributed by atoms with Gasteiger partial charge in [-0.2, -0.15) is 0 Å². The van der Waals surface area contributed by atoms with Gasteiger partial charge in [0.05, 0.1) is 6.04 Å². The number of rotatable bonds is 2. The van der Waals surface area contributed by atoms with E-state index in [2.05, 4.69) is 5.32 Å².